The predicted octanol–water partition coefficient (Wildman–Crippen LogP) is 10.3. The minimum Gasteiger partial charge on any atom is -0.454 e. The summed E-state index contributed by atoms with van der Waals surface area (Å²) in [5.74, 6) is -1.33. The van der Waals surface area contributed by atoms with Crippen LogP contribution in [0.5, 0.6) is 17.2 Å². The molecule has 7 heteroatoms. The summed E-state index contributed by atoms with van der Waals surface area (Å²) >= 11 is 0. The number of ether oxygens (including phenoxy) is 2. The maximum absolute atomic E-state index is 14.8. The zero-order chi connectivity index (χ0) is 27.1. The lowest BCUT2D eigenvalue weighted by molar-refractivity contribution is -0.274. The van der Waals surface area contributed by atoms with Crippen molar-refractivity contribution in [2.24, 2.45) is 11.8 Å². The molecule has 0 aromatic heterocycles. The van der Waals surface area contributed by atoms with E-state index < -0.39 is 23.7 Å². The summed E-state index contributed by atoms with van der Waals surface area (Å²) < 4.78 is 75.5. The summed E-state index contributed by atoms with van der Waals surface area (Å²) in [5, 5.41) is 0. The first-order valence-corrected chi connectivity index (χ1v) is 13.3. The first-order chi connectivity index (χ1) is 18.2. The van der Waals surface area contributed by atoms with Crippen LogP contribution in [0, 0.1) is 23.5 Å². The zero-order valence-electron chi connectivity index (χ0n) is 21.5. The van der Waals surface area contributed by atoms with E-state index in [0.717, 1.165) is 42.9 Å². The molecule has 0 aliphatic heterocycles. The molecule has 0 unspecified atom stereocenters. The normalized spacial score (nSPS) is 17.8. The van der Waals surface area contributed by atoms with Gasteiger partial charge in [-0.1, -0.05) is 76.1 Å². The predicted molar refractivity (Wildman–Crippen MR) is 138 cm³/mol. The van der Waals surface area contributed by atoms with Gasteiger partial charge in [0, 0.05) is 5.56 Å². The van der Waals surface area contributed by atoms with Gasteiger partial charge in [0.05, 0.1) is 0 Å². The minimum atomic E-state index is -4.83. The van der Waals surface area contributed by atoms with Crippen LogP contribution in [0.25, 0.3) is 11.1 Å². The van der Waals surface area contributed by atoms with Gasteiger partial charge in [0.25, 0.3) is 0 Å². The highest BCUT2D eigenvalue weighted by Crippen LogP contribution is 2.38. The molecule has 0 amide bonds. The first-order valence-electron chi connectivity index (χ1n) is 13.3. The number of alkyl halides is 3. The molecule has 1 aliphatic rings. The maximum Gasteiger partial charge on any atom is 0.573 e. The van der Waals surface area contributed by atoms with E-state index in [1.807, 2.05) is 24.3 Å². The van der Waals surface area contributed by atoms with Crippen LogP contribution in [-0.2, 0) is 6.42 Å². The van der Waals surface area contributed by atoms with Gasteiger partial charge in [0.1, 0.15) is 11.5 Å². The number of hydrogen-bond donors (Lipinski definition) is 0. The van der Waals surface area contributed by atoms with Crippen molar-refractivity contribution in [3.05, 3.63) is 77.9 Å². The van der Waals surface area contributed by atoms with Crippen LogP contribution in [-0.4, -0.2) is 6.36 Å². The molecule has 3 aromatic carbocycles. The van der Waals surface area contributed by atoms with Crippen molar-refractivity contribution in [3.8, 4) is 28.4 Å². The van der Waals surface area contributed by atoms with Gasteiger partial charge in [-0.05, 0) is 72.2 Å². The van der Waals surface area contributed by atoms with Crippen molar-refractivity contribution in [2.75, 3.05) is 0 Å². The van der Waals surface area contributed by atoms with Gasteiger partial charge < -0.3 is 9.47 Å². The molecule has 1 aliphatic carbocycles. The number of unbranched alkanes of at least 4 members (excludes halogenated alkanes) is 1. The Hall–Kier alpha value is -3.09. The van der Waals surface area contributed by atoms with Crippen LogP contribution >= 0.6 is 0 Å². The molecule has 0 heterocycles. The van der Waals surface area contributed by atoms with Crippen LogP contribution in [0.1, 0.15) is 63.9 Å². The van der Waals surface area contributed by atoms with Crippen molar-refractivity contribution in [2.45, 2.75) is 71.1 Å². The topological polar surface area (TPSA) is 18.5 Å². The SMILES string of the molecule is CCCC[C@H]1CC[C@H](CCc2ccc(-c3ccc(F)c(F)c3Oc3ccc(OC(F)(F)F)cc3)cc2)CC1. The van der Waals surface area contributed by atoms with Gasteiger partial charge in [-0.2, -0.15) is 4.39 Å². The highest BCUT2D eigenvalue weighted by atomic mass is 19.4. The average Bonchev–Trinajstić information content (AvgIpc) is 2.90. The van der Waals surface area contributed by atoms with E-state index in [4.69, 9.17) is 4.74 Å². The number of benzene rings is 3. The van der Waals surface area contributed by atoms with E-state index in [9.17, 15) is 22.0 Å². The Kier molecular flexibility index (Phi) is 9.29. The van der Waals surface area contributed by atoms with E-state index in [0.29, 0.717) is 11.1 Å². The molecule has 2 nitrogen and oxygen atoms in total. The van der Waals surface area contributed by atoms with Gasteiger partial charge in [-0.25, -0.2) is 4.39 Å². The molecular formula is C31H33F5O2. The van der Waals surface area contributed by atoms with E-state index in [1.54, 1.807) is 0 Å². The van der Waals surface area contributed by atoms with Crippen molar-refractivity contribution < 1.29 is 31.4 Å². The zero-order valence-corrected chi connectivity index (χ0v) is 21.5. The largest absolute Gasteiger partial charge is 0.573 e. The Morgan fingerprint density at radius 3 is 1.97 bits per heavy atom. The van der Waals surface area contributed by atoms with Crippen molar-refractivity contribution in [1.29, 1.82) is 0 Å². The molecule has 0 radical (unpaired) electrons. The highest BCUT2D eigenvalue weighted by Gasteiger charge is 2.31. The van der Waals surface area contributed by atoms with E-state index >= 15 is 0 Å². The summed E-state index contributed by atoms with van der Waals surface area (Å²) in [5.41, 5.74) is 2.18. The number of halogens is 5. The summed E-state index contributed by atoms with van der Waals surface area (Å²) in [6.07, 6.45) is 6.50. The standard InChI is InChI=1S/C31H33F5O2/c1-2-3-4-21-5-7-22(8-6-21)9-10-23-11-13-24(14-12-23)27-19-20-28(32)29(33)30(27)37-25-15-17-26(18-16-25)38-31(34,35)36/h11-22H,2-10H2,1H3/t21-,22-. The summed E-state index contributed by atoms with van der Waals surface area (Å²) in [7, 11) is 0. The van der Waals surface area contributed by atoms with Gasteiger partial charge in [0.15, 0.2) is 11.6 Å². The summed E-state index contributed by atoms with van der Waals surface area (Å²) in [6.45, 7) is 2.25. The first kappa shape index (κ1) is 27.9. The molecule has 0 atom stereocenters. The van der Waals surface area contributed by atoms with Crippen LogP contribution < -0.4 is 9.47 Å². The highest BCUT2D eigenvalue weighted by molar-refractivity contribution is 5.71. The molecule has 4 rings (SSSR count). The molecule has 0 spiro atoms. The molecule has 0 N–H and O–H groups in total. The van der Waals surface area contributed by atoms with Crippen molar-refractivity contribution >= 4 is 0 Å². The average molecular weight is 533 g/mol. The van der Waals surface area contributed by atoms with Gasteiger partial charge >= 0.3 is 6.36 Å². The third kappa shape index (κ3) is 7.71. The molecule has 3 aromatic rings. The Morgan fingerprint density at radius 2 is 1.37 bits per heavy atom. The number of rotatable bonds is 10. The molecule has 0 bridgehead atoms. The fourth-order valence-electron chi connectivity index (χ4n) is 5.21. The van der Waals surface area contributed by atoms with E-state index in [1.165, 1.54) is 68.7 Å². The van der Waals surface area contributed by atoms with Crippen LogP contribution in [0.2, 0.25) is 0 Å². The lowest BCUT2D eigenvalue weighted by Crippen LogP contribution is -2.16. The third-order valence-electron chi connectivity index (χ3n) is 7.37. The Morgan fingerprint density at radius 1 is 0.763 bits per heavy atom. The second-order valence-corrected chi connectivity index (χ2v) is 10.1. The fourth-order valence-corrected chi connectivity index (χ4v) is 5.21. The molecule has 0 saturated heterocycles. The quantitative estimate of drug-likeness (QED) is 0.242. The molecule has 204 valence electrons. The van der Waals surface area contributed by atoms with E-state index in [-0.39, 0.29) is 11.5 Å². The van der Waals surface area contributed by atoms with Gasteiger partial charge in [-0.15, -0.1) is 13.2 Å². The van der Waals surface area contributed by atoms with Crippen LogP contribution in [0.15, 0.2) is 60.7 Å². The number of hydrogen-bond acceptors (Lipinski definition) is 2. The van der Waals surface area contributed by atoms with Crippen LogP contribution in [0.3, 0.4) is 0 Å². The fraction of sp³-hybridized carbons (Fsp3) is 0.419. The minimum absolute atomic E-state index is 0.0475. The molecule has 1 saturated carbocycles. The molecule has 1 fully saturated rings. The lowest BCUT2D eigenvalue weighted by atomic mass is 9.78. The summed E-state index contributed by atoms with van der Waals surface area (Å²) in [4.78, 5) is 0. The molecular weight excluding hydrogens is 499 g/mol. The monoisotopic (exact) mass is 532 g/mol. The second kappa shape index (κ2) is 12.6. The Labute approximate surface area is 220 Å². The van der Waals surface area contributed by atoms with Crippen molar-refractivity contribution in [3.63, 3.8) is 0 Å². The smallest absolute Gasteiger partial charge is 0.454 e. The maximum atomic E-state index is 14.8. The Balaban J connectivity index is 1.41. The van der Waals surface area contributed by atoms with Crippen LogP contribution in [0.4, 0.5) is 22.0 Å². The third-order valence-corrected chi connectivity index (χ3v) is 7.37. The molecule has 38 heavy (non-hydrogen) atoms. The summed E-state index contributed by atoms with van der Waals surface area (Å²) in [6, 6.07) is 14.7. The van der Waals surface area contributed by atoms with Gasteiger partial charge in [0.2, 0.25) is 5.82 Å². The second-order valence-electron chi connectivity index (χ2n) is 10.1. The Bertz CT molecular complexity index is 1160. The van der Waals surface area contributed by atoms with Crippen molar-refractivity contribution in [1.82, 2.24) is 0 Å². The lowest BCUT2D eigenvalue weighted by Gasteiger charge is -2.28. The van der Waals surface area contributed by atoms with E-state index in [2.05, 4.69) is 11.7 Å². The number of aryl methyl sites for hydroxylation is 1. The van der Waals surface area contributed by atoms with Gasteiger partial charge in [-0.3, -0.25) is 0 Å².